The summed E-state index contributed by atoms with van der Waals surface area (Å²) in [4.78, 5) is 4.01. The van der Waals surface area contributed by atoms with Crippen molar-refractivity contribution >= 4 is 0 Å². The van der Waals surface area contributed by atoms with Crippen molar-refractivity contribution in [2.45, 2.75) is 19.5 Å². The van der Waals surface area contributed by atoms with Crippen LogP contribution in [0.3, 0.4) is 0 Å². The fourth-order valence-electron chi connectivity index (χ4n) is 1.81. The van der Waals surface area contributed by atoms with Gasteiger partial charge in [0.15, 0.2) is 0 Å². The second-order valence-corrected chi connectivity index (χ2v) is 4.28. The number of hydrogen-bond acceptors (Lipinski definition) is 3. The molecule has 3 nitrogen and oxygen atoms in total. The van der Waals surface area contributed by atoms with Crippen molar-refractivity contribution in [1.29, 1.82) is 5.26 Å². The minimum Gasteiger partial charge on any atom is -0.306 e. The van der Waals surface area contributed by atoms with E-state index in [0.717, 1.165) is 11.1 Å². The highest BCUT2D eigenvalue weighted by Crippen LogP contribution is 2.14. The van der Waals surface area contributed by atoms with E-state index in [1.165, 1.54) is 12.1 Å². The van der Waals surface area contributed by atoms with Crippen LogP contribution in [0.5, 0.6) is 0 Å². The first-order chi connectivity index (χ1) is 9.20. The van der Waals surface area contributed by atoms with E-state index in [2.05, 4.69) is 16.4 Å². The molecule has 0 aliphatic heterocycles. The Labute approximate surface area is 111 Å². The number of nitrogens with one attached hydrogen (secondary N) is 1. The molecule has 0 amide bonds. The Kier molecular flexibility index (Phi) is 4.22. The van der Waals surface area contributed by atoms with Crippen LogP contribution in [-0.4, -0.2) is 4.98 Å². The summed E-state index contributed by atoms with van der Waals surface area (Å²) in [7, 11) is 0. The third kappa shape index (κ3) is 3.36. The fraction of sp³-hybridized carbons (Fsp3) is 0.200. The molecule has 2 rings (SSSR count). The molecule has 0 aliphatic rings. The third-order valence-corrected chi connectivity index (χ3v) is 2.97. The number of rotatable bonds is 4. The number of nitrogens with zero attached hydrogens (tertiary/aromatic N) is 2. The third-order valence-electron chi connectivity index (χ3n) is 2.97. The van der Waals surface area contributed by atoms with Crippen molar-refractivity contribution in [3.63, 3.8) is 0 Å². The molecule has 0 fully saturated rings. The maximum absolute atomic E-state index is 12.8. The van der Waals surface area contributed by atoms with Crippen molar-refractivity contribution in [3.05, 3.63) is 65.2 Å². The summed E-state index contributed by atoms with van der Waals surface area (Å²) >= 11 is 0. The molecular formula is C15H14FN3. The first-order valence-corrected chi connectivity index (χ1v) is 6.03. The molecule has 1 heterocycles. The predicted molar refractivity (Wildman–Crippen MR) is 70.6 cm³/mol. The quantitative estimate of drug-likeness (QED) is 0.913. The molecule has 0 spiro atoms. The Morgan fingerprint density at radius 2 is 2.05 bits per heavy atom. The van der Waals surface area contributed by atoms with Gasteiger partial charge in [-0.1, -0.05) is 18.2 Å². The Bertz CT molecular complexity index is 587. The Hall–Kier alpha value is -2.25. The van der Waals surface area contributed by atoms with Crippen molar-refractivity contribution in [1.82, 2.24) is 10.3 Å². The van der Waals surface area contributed by atoms with Gasteiger partial charge in [0.1, 0.15) is 17.6 Å². The zero-order valence-electron chi connectivity index (χ0n) is 10.6. The molecule has 1 aromatic carbocycles. The molecule has 1 N–H and O–H groups in total. The van der Waals surface area contributed by atoms with Crippen LogP contribution in [0.1, 0.15) is 29.8 Å². The zero-order valence-corrected chi connectivity index (χ0v) is 10.6. The van der Waals surface area contributed by atoms with Crippen LogP contribution in [0, 0.1) is 17.1 Å². The maximum atomic E-state index is 12.8. The summed E-state index contributed by atoms with van der Waals surface area (Å²) in [6.07, 6.45) is 1.60. The molecule has 1 atom stereocenters. The van der Waals surface area contributed by atoms with Crippen LogP contribution in [0.15, 0.2) is 42.6 Å². The van der Waals surface area contributed by atoms with Gasteiger partial charge in [0.05, 0.1) is 0 Å². The Morgan fingerprint density at radius 1 is 1.32 bits per heavy atom. The summed E-state index contributed by atoms with van der Waals surface area (Å²) in [6.45, 7) is 2.55. The molecular weight excluding hydrogens is 241 g/mol. The number of hydrogen-bond donors (Lipinski definition) is 1. The second kappa shape index (κ2) is 6.07. The predicted octanol–water partition coefficient (Wildman–Crippen LogP) is 2.94. The summed E-state index contributed by atoms with van der Waals surface area (Å²) < 4.78 is 12.8. The number of aromatic nitrogens is 1. The number of benzene rings is 1. The van der Waals surface area contributed by atoms with Gasteiger partial charge in [0, 0.05) is 24.3 Å². The van der Waals surface area contributed by atoms with Gasteiger partial charge in [-0.05, 0) is 30.7 Å². The largest absolute Gasteiger partial charge is 0.306 e. The van der Waals surface area contributed by atoms with E-state index < -0.39 is 0 Å². The average molecular weight is 255 g/mol. The number of nitriles is 1. The lowest BCUT2D eigenvalue weighted by atomic mass is 10.1. The molecule has 96 valence electrons. The first-order valence-electron chi connectivity index (χ1n) is 6.03. The molecule has 1 aromatic heterocycles. The number of pyridine rings is 1. The molecule has 0 saturated heterocycles. The lowest BCUT2D eigenvalue weighted by molar-refractivity contribution is 0.569. The van der Waals surface area contributed by atoms with Crippen molar-refractivity contribution in [2.75, 3.05) is 0 Å². The summed E-state index contributed by atoms with van der Waals surface area (Å²) in [5.41, 5.74) is 2.30. The van der Waals surface area contributed by atoms with E-state index in [4.69, 9.17) is 5.26 Å². The first kappa shape index (κ1) is 13.2. The zero-order chi connectivity index (χ0) is 13.7. The fourth-order valence-corrected chi connectivity index (χ4v) is 1.81. The monoisotopic (exact) mass is 255 g/mol. The van der Waals surface area contributed by atoms with Crippen LogP contribution in [-0.2, 0) is 6.54 Å². The van der Waals surface area contributed by atoms with Crippen molar-refractivity contribution in [2.24, 2.45) is 0 Å². The van der Waals surface area contributed by atoms with Gasteiger partial charge in [-0.15, -0.1) is 0 Å². The van der Waals surface area contributed by atoms with Crippen molar-refractivity contribution in [3.8, 4) is 6.07 Å². The van der Waals surface area contributed by atoms with Crippen LogP contribution >= 0.6 is 0 Å². The molecule has 19 heavy (non-hydrogen) atoms. The molecule has 0 unspecified atom stereocenters. The van der Waals surface area contributed by atoms with Gasteiger partial charge in [-0.3, -0.25) is 0 Å². The second-order valence-electron chi connectivity index (χ2n) is 4.28. The van der Waals surface area contributed by atoms with E-state index in [1.807, 2.05) is 13.0 Å². The van der Waals surface area contributed by atoms with E-state index >= 15 is 0 Å². The van der Waals surface area contributed by atoms with E-state index in [-0.39, 0.29) is 11.9 Å². The van der Waals surface area contributed by atoms with E-state index in [9.17, 15) is 4.39 Å². The van der Waals surface area contributed by atoms with Crippen LogP contribution in [0.2, 0.25) is 0 Å². The van der Waals surface area contributed by atoms with Gasteiger partial charge in [0.25, 0.3) is 0 Å². The molecule has 2 aromatic rings. The highest BCUT2D eigenvalue weighted by Gasteiger charge is 2.07. The minimum absolute atomic E-state index is 0.0762. The molecule has 0 bridgehead atoms. The van der Waals surface area contributed by atoms with E-state index in [0.29, 0.717) is 12.2 Å². The maximum Gasteiger partial charge on any atom is 0.144 e. The molecule has 0 aliphatic carbocycles. The highest BCUT2D eigenvalue weighted by molar-refractivity contribution is 5.30. The minimum atomic E-state index is -0.241. The topological polar surface area (TPSA) is 48.7 Å². The van der Waals surface area contributed by atoms with Crippen LogP contribution in [0.25, 0.3) is 0 Å². The lowest BCUT2D eigenvalue weighted by Gasteiger charge is -2.14. The SMILES string of the molecule is C[C@H](NCc1cccnc1C#N)c1ccc(F)cc1. The van der Waals surface area contributed by atoms with Gasteiger partial charge >= 0.3 is 0 Å². The Balaban J connectivity index is 2.02. The van der Waals surface area contributed by atoms with Gasteiger partial charge in [-0.2, -0.15) is 5.26 Å². The molecule has 4 heteroatoms. The van der Waals surface area contributed by atoms with Crippen LogP contribution < -0.4 is 5.32 Å². The van der Waals surface area contributed by atoms with Crippen LogP contribution in [0.4, 0.5) is 4.39 Å². The average Bonchev–Trinajstić information content (AvgIpc) is 2.45. The van der Waals surface area contributed by atoms with Crippen molar-refractivity contribution < 1.29 is 4.39 Å². The summed E-state index contributed by atoms with van der Waals surface area (Å²) in [5, 5.41) is 12.2. The highest BCUT2D eigenvalue weighted by atomic mass is 19.1. The van der Waals surface area contributed by atoms with E-state index in [1.54, 1.807) is 24.4 Å². The standard InChI is InChI=1S/C15H14FN3/c1-11(12-4-6-14(16)7-5-12)19-10-13-3-2-8-18-15(13)9-17/h2-8,11,19H,10H2,1H3/t11-/m0/s1. The molecule has 0 radical (unpaired) electrons. The molecule has 0 saturated carbocycles. The summed E-state index contributed by atoms with van der Waals surface area (Å²) in [5.74, 6) is -0.241. The van der Waals surface area contributed by atoms with Gasteiger partial charge in [-0.25, -0.2) is 9.37 Å². The lowest BCUT2D eigenvalue weighted by Crippen LogP contribution is -2.18. The van der Waals surface area contributed by atoms with Gasteiger partial charge in [0.2, 0.25) is 0 Å². The summed E-state index contributed by atoms with van der Waals surface area (Å²) in [6, 6.07) is 12.2. The smallest absolute Gasteiger partial charge is 0.144 e. The normalized spacial score (nSPS) is 11.8. The number of halogens is 1. The Morgan fingerprint density at radius 3 is 2.74 bits per heavy atom. The van der Waals surface area contributed by atoms with Gasteiger partial charge < -0.3 is 5.32 Å².